The Kier molecular flexibility index (Phi) is 4.04. The molecule has 3 aromatic rings. The van der Waals surface area contributed by atoms with Crippen LogP contribution in [0.25, 0.3) is 10.8 Å². The summed E-state index contributed by atoms with van der Waals surface area (Å²) in [5, 5.41) is 10.8. The van der Waals surface area contributed by atoms with Crippen LogP contribution in [0, 0.1) is 11.8 Å². The summed E-state index contributed by atoms with van der Waals surface area (Å²) < 4.78 is 28.4. The first-order chi connectivity index (χ1) is 13.9. The zero-order valence-electron chi connectivity index (χ0n) is 15.3. The molecule has 0 spiro atoms. The van der Waals surface area contributed by atoms with Crippen LogP contribution in [0.2, 0.25) is 0 Å². The molecule has 148 valence electrons. The number of carboxylic acids is 1. The Morgan fingerprint density at radius 2 is 1.69 bits per heavy atom. The van der Waals surface area contributed by atoms with Gasteiger partial charge in [0.25, 0.3) is 0 Å². The summed E-state index contributed by atoms with van der Waals surface area (Å²) in [5.41, 5.74) is 0.0409. The highest BCUT2D eigenvalue weighted by atomic mass is 32.2. The van der Waals surface area contributed by atoms with Crippen LogP contribution in [0.5, 0.6) is 0 Å². The minimum Gasteiger partial charge on any atom is -0.478 e. The summed E-state index contributed by atoms with van der Waals surface area (Å²) in [5.74, 6) is -0.191. The van der Waals surface area contributed by atoms with Crippen molar-refractivity contribution in [1.82, 2.24) is 14.7 Å². The minimum atomic E-state index is -3.59. The third kappa shape index (κ3) is 3.22. The molecule has 1 unspecified atom stereocenters. The number of sulfonamides is 1. The lowest BCUT2D eigenvalue weighted by Gasteiger charge is -2.20. The number of carbonyl (C=O) groups is 1. The smallest absolute Gasteiger partial charge is 0.338 e. The molecule has 0 amide bonds. The molecule has 1 aromatic heterocycles. The van der Waals surface area contributed by atoms with E-state index in [9.17, 15) is 13.2 Å². The number of carboxylic acid groups (broad SMARTS) is 1. The molecular weight excluding hydrogens is 392 g/mol. The van der Waals surface area contributed by atoms with Crippen molar-refractivity contribution in [1.29, 1.82) is 0 Å². The van der Waals surface area contributed by atoms with E-state index in [0.717, 1.165) is 10.8 Å². The molecule has 0 bridgehead atoms. The molecule has 1 aliphatic carbocycles. The Bertz CT molecular complexity index is 1200. The Labute approximate surface area is 167 Å². The maximum Gasteiger partial charge on any atom is 0.338 e. The fraction of sp³-hybridized carbons (Fsp3) is 0.250. The van der Waals surface area contributed by atoms with Gasteiger partial charge < -0.3 is 10.0 Å². The van der Waals surface area contributed by atoms with Crippen LogP contribution in [0.3, 0.4) is 0 Å². The van der Waals surface area contributed by atoms with E-state index in [1.807, 2.05) is 35.2 Å². The van der Waals surface area contributed by atoms with Crippen molar-refractivity contribution in [2.24, 2.45) is 11.8 Å². The number of aromatic carboxylic acids is 1. The summed E-state index contributed by atoms with van der Waals surface area (Å²) in [6, 6.07) is 12.7. The number of rotatable bonds is 5. The summed E-state index contributed by atoms with van der Waals surface area (Å²) in [6.07, 6.45) is 2.57. The molecular formula is C20H18N4O4S. The van der Waals surface area contributed by atoms with Crippen LogP contribution in [-0.2, 0) is 10.0 Å². The van der Waals surface area contributed by atoms with E-state index in [1.54, 1.807) is 12.1 Å². The van der Waals surface area contributed by atoms with Gasteiger partial charge in [-0.25, -0.2) is 27.9 Å². The van der Waals surface area contributed by atoms with Gasteiger partial charge in [0.05, 0.1) is 10.5 Å². The Hall–Kier alpha value is -3.04. The third-order valence-electron chi connectivity index (χ3n) is 5.68. The summed E-state index contributed by atoms with van der Waals surface area (Å²) >= 11 is 0. The molecule has 29 heavy (non-hydrogen) atoms. The summed E-state index contributed by atoms with van der Waals surface area (Å²) in [4.78, 5) is 21.3. The van der Waals surface area contributed by atoms with E-state index >= 15 is 0 Å². The molecule has 2 aliphatic rings. The second-order valence-electron chi connectivity index (χ2n) is 7.47. The van der Waals surface area contributed by atoms with Crippen LogP contribution in [0.4, 0.5) is 5.95 Å². The lowest BCUT2D eigenvalue weighted by molar-refractivity contribution is 0.0696. The van der Waals surface area contributed by atoms with Crippen LogP contribution < -0.4 is 9.62 Å². The number of nitrogens with zero attached hydrogens (tertiary/aromatic N) is 3. The second kappa shape index (κ2) is 6.50. The SMILES string of the molecule is O=C(O)c1cnc(N2C[C@@H]3C(NS(=O)(=O)c4ccc5ccccc5c4)[C@@H]3C2)nc1. The first kappa shape index (κ1) is 18.0. The highest BCUT2D eigenvalue weighted by Gasteiger charge is 2.57. The Balaban J connectivity index is 1.26. The van der Waals surface area contributed by atoms with Crippen LogP contribution in [0.1, 0.15) is 10.4 Å². The first-order valence-electron chi connectivity index (χ1n) is 9.24. The monoisotopic (exact) mass is 410 g/mol. The van der Waals surface area contributed by atoms with Gasteiger partial charge in [-0.1, -0.05) is 30.3 Å². The third-order valence-corrected chi connectivity index (χ3v) is 7.14. The number of fused-ring (bicyclic) bond motifs is 2. The molecule has 1 aliphatic heterocycles. The number of benzene rings is 2. The quantitative estimate of drug-likeness (QED) is 0.659. The zero-order chi connectivity index (χ0) is 20.2. The second-order valence-corrected chi connectivity index (χ2v) is 9.18. The molecule has 5 rings (SSSR count). The van der Waals surface area contributed by atoms with Gasteiger partial charge >= 0.3 is 5.97 Å². The molecule has 8 nitrogen and oxygen atoms in total. The van der Waals surface area contributed by atoms with Gasteiger partial charge in [-0.15, -0.1) is 0 Å². The van der Waals surface area contributed by atoms with Crippen LogP contribution >= 0.6 is 0 Å². The van der Waals surface area contributed by atoms with E-state index in [1.165, 1.54) is 12.4 Å². The summed E-state index contributed by atoms with van der Waals surface area (Å²) in [6.45, 7) is 1.28. The zero-order valence-corrected chi connectivity index (χ0v) is 16.1. The molecule has 2 aromatic carbocycles. The minimum absolute atomic E-state index is 0.0409. The van der Waals surface area contributed by atoms with Crippen molar-refractivity contribution in [2.45, 2.75) is 10.9 Å². The summed E-state index contributed by atoms with van der Waals surface area (Å²) in [7, 11) is -3.59. The highest BCUT2D eigenvalue weighted by Crippen LogP contribution is 2.46. The predicted molar refractivity (Wildman–Crippen MR) is 106 cm³/mol. The van der Waals surface area contributed by atoms with Gasteiger partial charge in [-0.05, 0) is 34.7 Å². The Morgan fingerprint density at radius 1 is 1.03 bits per heavy atom. The van der Waals surface area contributed by atoms with E-state index in [4.69, 9.17) is 5.11 Å². The van der Waals surface area contributed by atoms with E-state index in [2.05, 4.69) is 14.7 Å². The standard InChI is InChI=1S/C20H18N4O4S/c25-19(26)14-8-21-20(22-9-14)24-10-16-17(11-24)18(16)23-29(27,28)15-6-5-12-3-1-2-4-13(12)7-15/h1-9,16-18,23H,10-11H2,(H,25,26)/t16-,17+,18?. The number of nitrogens with one attached hydrogen (secondary N) is 1. The number of aromatic nitrogens is 2. The highest BCUT2D eigenvalue weighted by molar-refractivity contribution is 7.89. The van der Waals surface area contributed by atoms with Gasteiger partial charge in [0.15, 0.2) is 0 Å². The number of piperidine rings is 1. The van der Waals surface area contributed by atoms with Gasteiger partial charge in [0.2, 0.25) is 16.0 Å². The maximum atomic E-state index is 12.8. The average molecular weight is 410 g/mol. The average Bonchev–Trinajstić information content (AvgIpc) is 3.14. The molecule has 0 radical (unpaired) electrons. The first-order valence-corrected chi connectivity index (χ1v) is 10.7. The fourth-order valence-corrected chi connectivity index (χ4v) is 5.41. The normalized spacial score (nSPS) is 23.2. The number of anilines is 1. The number of hydrogen-bond donors (Lipinski definition) is 2. The van der Waals surface area contributed by atoms with E-state index < -0.39 is 16.0 Å². The largest absolute Gasteiger partial charge is 0.478 e. The van der Waals surface area contributed by atoms with Gasteiger partial charge in [0.1, 0.15) is 0 Å². The molecule has 2 heterocycles. The van der Waals surface area contributed by atoms with Gasteiger partial charge in [-0.3, -0.25) is 0 Å². The lowest BCUT2D eigenvalue weighted by atomic mass is 10.1. The van der Waals surface area contributed by atoms with Crippen molar-refractivity contribution in [3.8, 4) is 0 Å². The molecule has 2 N–H and O–H groups in total. The molecule has 1 saturated heterocycles. The predicted octanol–water partition coefficient (Wildman–Crippen LogP) is 1.74. The van der Waals surface area contributed by atoms with Gasteiger partial charge in [-0.2, -0.15) is 0 Å². The van der Waals surface area contributed by atoms with Crippen molar-refractivity contribution in [2.75, 3.05) is 18.0 Å². The fourth-order valence-electron chi connectivity index (χ4n) is 4.04. The maximum absolute atomic E-state index is 12.8. The van der Waals surface area contributed by atoms with Crippen molar-refractivity contribution in [3.63, 3.8) is 0 Å². The van der Waals surface area contributed by atoms with E-state index in [-0.39, 0.29) is 28.3 Å². The van der Waals surface area contributed by atoms with Crippen molar-refractivity contribution < 1.29 is 18.3 Å². The Morgan fingerprint density at radius 3 is 2.34 bits per heavy atom. The van der Waals surface area contributed by atoms with Crippen molar-refractivity contribution in [3.05, 3.63) is 60.4 Å². The molecule has 1 saturated carbocycles. The molecule has 9 heteroatoms. The lowest BCUT2D eigenvalue weighted by Crippen LogP contribution is -2.35. The van der Waals surface area contributed by atoms with E-state index in [0.29, 0.717) is 19.0 Å². The molecule has 3 atom stereocenters. The van der Waals surface area contributed by atoms with Crippen molar-refractivity contribution >= 4 is 32.7 Å². The van der Waals surface area contributed by atoms with Gasteiger partial charge in [0, 0.05) is 31.5 Å². The van der Waals surface area contributed by atoms with Crippen LogP contribution in [0.15, 0.2) is 59.8 Å². The number of hydrogen-bond acceptors (Lipinski definition) is 6. The van der Waals surface area contributed by atoms with Crippen LogP contribution in [-0.4, -0.2) is 48.6 Å². The topological polar surface area (TPSA) is 112 Å². The molecule has 2 fully saturated rings.